The van der Waals surface area contributed by atoms with E-state index in [9.17, 15) is 9.59 Å². The number of nitrogen functional groups attached to an aromatic ring is 1. The minimum Gasteiger partial charge on any atom is -0.481 e. The number of aliphatic carboxylic acids is 1. The molecule has 0 atom stereocenters. The van der Waals surface area contributed by atoms with Gasteiger partial charge in [-0.1, -0.05) is 6.07 Å². The third kappa shape index (κ3) is 2.15. The molecule has 1 amide bonds. The lowest BCUT2D eigenvalue weighted by Gasteiger charge is -2.29. The molecule has 0 fully saturated rings. The van der Waals surface area contributed by atoms with Crippen LogP contribution in [0.4, 0.5) is 11.4 Å². The van der Waals surface area contributed by atoms with Crippen LogP contribution in [0.3, 0.4) is 0 Å². The van der Waals surface area contributed by atoms with Crippen molar-refractivity contribution in [2.24, 2.45) is 0 Å². The number of carboxylic acid groups (broad SMARTS) is 1. The number of para-hydroxylation sites is 1. The number of nitrogens with zero attached hydrogens (tertiary/aromatic N) is 1. The number of rotatable bonds is 3. The fourth-order valence-electron chi connectivity index (χ4n) is 1.73. The molecule has 0 aromatic heterocycles. The summed E-state index contributed by atoms with van der Waals surface area (Å²) in [6.07, 6.45) is -0.125. The van der Waals surface area contributed by atoms with Gasteiger partial charge >= 0.3 is 5.97 Å². The number of fused-ring (bicyclic) bond motifs is 1. The number of hydrogen-bond donors (Lipinski definition) is 2. The lowest BCUT2D eigenvalue weighted by atomic mass is 10.2. The van der Waals surface area contributed by atoms with Gasteiger partial charge in [-0.25, -0.2) is 0 Å². The molecule has 0 spiro atoms. The lowest BCUT2D eigenvalue weighted by Crippen LogP contribution is -2.40. The molecule has 0 bridgehead atoms. The Kier molecular flexibility index (Phi) is 2.86. The normalized spacial score (nSPS) is 14.1. The fourth-order valence-corrected chi connectivity index (χ4v) is 1.73. The summed E-state index contributed by atoms with van der Waals surface area (Å²) in [5.74, 6) is -0.730. The zero-order valence-electron chi connectivity index (χ0n) is 9.05. The molecule has 1 aliphatic rings. The summed E-state index contributed by atoms with van der Waals surface area (Å²) in [4.78, 5) is 23.6. The molecule has 6 heteroatoms. The Morgan fingerprint density at radius 1 is 1.53 bits per heavy atom. The molecule has 1 aromatic rings. The molecule has 0 saturated carbocycles. The van der Waals surface area contributed by atoms with Gasteiger partial charge in [-0.2, -0.15) is 0 Å². The van der Waals surface area contributed by atoms with Gasteiger partial charge in [-0.15, -0.1) is 0 Å². The van der Waals surface area contributed by atoms with E-state index in [-0.39, 0.29) is 25.5 Å². The van der Waals surface area contributed by atoms with Crippen molar-refractivity contribution in [3.05, 3.63) is 18.2 Å². The summed E-state index contributed by atoms with van der Waals surface area (Å²) >= 11 is 0. The number of benzene rings is 1. The van der Waals surface area contributed by atoms with Gasteiger partial charge in [-0.3, -0.25) is 9.59 Å². The molecule has 3 N–H and O–H groups in total. The number of anilines is 2. The van der Waals surface area contributed by atoms with Crippen molar-refractivity contribution in [3.63, 3.8) is 0 Å². The third-order valence-electron chi connectivity index (χ3n) is 2.50. The number of carbonyl (C=O) groups is 2. The second-order valence-electron chi connectivity index (χ2n) is 3.67. The second-order valence-corrected chi connectivity index (χ2v) is 3.67. The Hall–Kier alpha value is -2.24. The molecule has 1 aliphatic heterocycles. The van der Waals surface area contributed by atoms with Crippen molar-refractivity contribution in [2.75, 3.05) is 23.8 Å². The van der Waals surface area contributed by atoms with Crippen molar-refractivity contribution >= 4 is 23.3 Å². The highest BCUT2D eigenvalue weighted by Crippen LogP contribution is 2.36. The van der Waals surface area contributed by atoms with Crippen LogP contribution < -0.4 is 15.4 Å². The van der Waals surface area contributed by atoms with Gasteiger partial charge in [0.2, 0.25) is 0 Å². The molecule has 0 aliphatic carbocycles. The molecular formula is C11H12N2O4. The third-order valence-corrected chi connectivity index (χ3v) is 2.50. The Morgan fingerprint density at radius 3 is 3.00 bits per heavy atom. The standard InChI is InChI=1S/C11H12N2O4/c12-7-2-1-3-8-11(7)13(5-4-10(15)16)9(14)6-17-8/h1-3H,4-6,12H2,(H,15,16). The number of carbonyl (C=O) groups excluding carboxylic acids is 1. The monoisotopic (exact) mass is 236 g/mol. The number of nitrogens with two attached hydrogens (primary N) is 1. The zero-order valence-corrected chi connectivity index (χ0v) is 9.05. The lowest BCUT2D eigenvalue weighted by molar-refractivity contribution is -0.136. The molecule has 6 nitrogen and oxygen atoms in total. The van der Waals surface area contributed by atoms with Gasteiger partial charge in [0, 0.05) is 6.54 Å². The van der Waals surface area contributed by atoms with E-state index in [2.05, 4.69) is 0 Å². The van der Waals surface area contributed by atoms with Crippen LogP contribution in [-0.2, 0) is 9.59 Å². The first-order valence-electron chi connectivity index (χ1n) is 5.13. The maximum absolute atomic E-state index is 11.7. The fraction of sp³-hybridized carbons (Fsp3) is 0.273. The molecule has 0 saturated heterocycles. The molecular weight excluding hydrogens is 224 g/mol. The van der Waals surface area contributed by atoms with Gasteiger partial charge in [0.05, 0.1) is 12.1 Å². The van der Waals surface area contributed by atoms with Gasteiger partial charge in [0.15, 0.2) is 6.61 Å². The Morgan fingerprint density at radius 2 is 2.29 bits per heavy atom. The van der Waals surface area contributed by atoms with Crippen molar-refractivity contribution in [2.45, 2.75) is 6.42 Å². The van der Waals surface area contributed by atoms with Gasteiger partial charge < -0.3 is 20.5 Å². The molecule has 2 rings (SSSR count). The quantitative estimate of drug-likeness (QED) is 0.744. The SMILES string of the molecule is Nc1cccc2c1N(CCC(=O)O)C(=O)CO2. The smallest absolute Gasteiger partial charge is 0.305 e. The highest BCUT2D eigenvalue weighted by atomic mass is 16.5. The van der Waals surface area contributed by atoms with Gasteiger partial charge in [0.1, 0.15) is 11.4 Å². The van der Waals surface area contributed by atoms with Crippen molar-refractivity contribution in [1.29, 1.82) is 0 Å². The first-order valence-corrected chi connectivity index (χ1v) is 5.13. The number of ether oxygens (including phenoxy) is 1. The second kappa shape index (κ2) is 4.32. The average Bonchev–Trinajstić information content (AvgIpc) is 2.28. The van der Waals surface area contributed by atoms with E-state index in [0.717, 1.165) is 0 Å². The van der Waals surface area contributed by atoms with Crippen LogP contribution in [0.15, 0.2) is 18.2 Å². The van der Waals surface area contributed by atoms with Gasteiger partial charge in [-0.05, 0) is 12.1 Å². The predicted molar refractivity (Wildman–Crippen MR) is 61.0 cm³/mol. The van der Waals surface area contributed by atoms with E-state index in [1.807, 2.05) is 0 Å². The van der Waals surface area contributed by atoms with E-state index < -0.39 is 5.97 Å². The first-order chi connectivity index (χ1) is 8.09. The van der Waals surface area contributed by atoms with Crippen LogP contribution in [0.25, 0.3) is 0 Å². The summed E-state index contributed by atoms with van der Waals surface area (Å²) in [5, 5.41) is 8.65. The van der Waals surface area contributed by atoms with Crippen LogP contribution in [0.2, 0.25) is 0 Å². The largest absolute Gasteiger partial charge is 0.481 e. The molecule has 17 heavy (non-hydrogen) atoms. The van der Waals surface area contributed by atoms with Crippen LogP contribution >= 0.6 is 0 Å². The van der Waals surface area contributed by atoms with Crippen LogP contribution in [0, 0.1) is 0 Å². The minimum atomic E-state index is -0.958. The minimum absolute atomic E-state index is 0.0872. The van der Waals surface area contributed by atoms with Crippen molar-refractivity contribution in [1.82, 2.24) is 0 Å². The zero-order chi connectivity index (χ0) is 12.4. The molecule has 1 heterocycles. The first kappa shape index (κ1) is 11.3. The Labute approximate surface area is 97.6 Å². The van der Waals surface area contributed by atoms with Crippen LogP contribution in [0.5, 0.6) is 5.75 Å². The van der Waals surface area contributed by atoms with E-state index >= 15 is 0 Å². The summed E-state index contributed by atoms with van der Waals surface area (Å²) in [7, 11) is 0. The van der Waals surface area contributed by atoms with Crippen LogP contribution in [0.1, 0.15) is 6.42 Å². The highest BCUT2D eigenvalue weighted by molar-refractivity contribution is 6.01. The topological polar surface area (TPSA) is 92.9 Å². The maximum Gasteiger partial charge on any atom is 0.305 e. The Bertz CT molecular complexity index is 473. The highest BCUT2D eigenvalue weighted by Gasteiger charge is 2.27. The van der Waals surface area contributed by atoms with Gasteiger partial charge in [0.25, 0.3) is 5.91 Å². The number of carboxylic acids is 1. The summed E-state index contributed by atoms with van der Waals surface area (Å²) in [6, 6.07) is 5.07. The van der Waals surface area contributed by atoms with E-state index in [1.165, 1.54) is 4.90 Å². The van der Waals surface area contributed by atoms with E-state index in [0.29, 0.717) is 17.1 Å². The summed E-state index contributed by atoms with van der Waals surface area (Å²) in [6.45, 7) is 0.00874. The predicted octanol–water partition coefficient (Wildman–Crippen LogP) is 0.469. The van der Waals surface area contributed by atoms with E-state index in [1.54, 1.807) is 18.2 Å². The van der Waals surface area contributed by atoms with Crippen molar-refractivity contribution < 1.29 is 19.4 Å². The Balaban J connectivity index is 2.32. The molecule has 0 radical (unpaired) electrons. The molecule has 90 valence electrons. The molecule has 1 aromatic carbocycles. The van der Waals surface area contributed by atoms with E-state index in [4.69, 9.17) is 15.6 Å². The van der Waals surface area contributed by atoms with Crippen molar-refractivity contribution in [3.8, 4) is 5.75 Å². The number of hydrogen-bond acceptors (Lipinski definition) is 4. The molecule has 0 unspecified atom stereocenters. The van der Waals surface area contributed by atoms with Crippen LogP contribution in [-0.4, -0.2) is 30.1 Å². The number of amides is 1. The summed E-state index contributed by atoms with van der Waals surface area (Å²) in [5.41, 5.74) is 6.65. The average molecular weight is 236 g/mol. The summed E-state index contributed by atoms with van der Waals surface area (Å²) < 4.78 is 5.23. The maximum atomic E-state index is 11.7.